The molecule has 0 radical (unpaired) electrons. The number of nitriles is 1. The zero-order valence-electron chi connectivity index (χ0n) is 30.2. The van der Waals surface area contributed by atoms with E-state index in [0.29, 0.717) is 33.9 Å². The minimum absolute atomic E-state index is 0.0379. The van der Waals surface area contributed by atoms with Crippen LogP contribution in [-0.4, -0.2) is 30.1 Å². The van der Waals surface area contributed by atoms with Crippen molar-refractivity contribution < 1.29 is 18.3 Å². The number of nitrogens with zero attached hydrogens (tertiary/aromatic N) is 2. The number of carbonyl (C=O) groups is 1. The lowest BCUT2D eigenvalue weighted by Gasteiger charge is -2.19. The number of amides is 1. The average molecular weight is 653 g/mol. The van der Waals surface area contributed by atoms with Gasteiger partial charge in [-0.3, -0.25) is 4.79 Å². The van der Waals surface area contributed by atoms with Crippen molar-refractivity contribution in [2.45, 2.75) is 120 Å². The summed E-state index contributed by atoms with van der Waals surface area (Å²) in [5.41, 5.74) is 2.19. The molecule has 0 bridgehead atoms. The van der Waals surface area contributed by atoms with Crippen molar-refractivity contribution in [3.63, 3.8) is 0 Å². The average Bonchev–Trinajstić information content (AvgIpc) is 3.32. The Morgan fingerprint density at radius 3 is 2.28 bits per heavy atom. The Balaban J connectivity index is 0.00000190. The summed E-state index contributed by atoms with van der Waals surface area (Å²) in [7, 11) is 0. The molecule has 260 valence electrons. The van der Waals surface area contributed by atoms with Gasteiger partial charge in [0.1, 0.15) is 11.4 Å². The van der Waals surface area contributed by atoms with Gasteiger partial charge in [-0.05, 0) is 48.4 Å². The molecule has 1 amide bonds. The third kappa shape index (κ3) is 15.0. The Morgan fingerprint density at radius 1 is 1.02 bits per heavy atom. The highest BCUT2D eigenvalue weighted by Gasteiger charge is 2.21. The van der Waals surface area contributed by atoms with Crippen LogP contribution in [0, 0.1) is 17.2 Å². The minimum atomic E-state index is -3.01. The fourth-order valence-electron chi connectivity index (χ4n) is 4.79. The van der Waals surface area contributed by atoms with Crippen LogP contribution in [0.15, 0.2) is 60.7 Å². The summed E-state index contributed by atoms with van der Waals surface area (Å²) in [5, 5.41) is 16.6. The predicted octanol–water partition coefficient (Wildman–Crippen LogP) is 11.6. The molecule has 3 aromatic rings. The maximum atomic E-state index is 13.1. The number of pyridine rings is 1. The van der Waals surface area contributed by atoms with Crippen LogP contribution in [0.1, 0.15) is 118 Å². The number of hydrogen-bond acceptors (Lipinski definition) is 5. The molecule has 2 aromatic carbocycles. The van der Waals surface area contributed by atoms with Crippen molar-refractivity contribution in [3.05, 3.63) is 66.4 Å². The fraction of sp³-hybridized carbons (Fsp3) is 0.513. The summed E-state index contributed by atoms with van der Waals surface area (Å²) in [6.07, 6.45) is 8.06. The second-order valence-corrected chi connectivity index (χ2v) is 10.5. The van der Waals surface area contributed by atoms with Gasteiger partial charge < -0.3 is 15.4 Å². The molecule has 1 aliphatic carbocycles. The summed E-state index contributed by atoms with van der Waals surface area (Å²) in [5.74, 6) is 0.340. The molecular formula is C39H58F2N4O2. The molecule has 1 aromatic heterocycles. The number of rotatable bonds is 9. The lowest BCUT2D eigenvalue weighted by molar-refractivity contribution is -0.0492. The normalized spacial score (nSPS) is 14.9. The summed E-state index contributed by atoms with van der Waals surface area (Å²) in [6.45, 7) is 19.3. The van der Waals surface area contributed by atoms with Crippen LogP contribution < -0.4 is 15.4 Å². The molecule has 1 fully saturated rings. The molecule has 0 spiro atoms. The van der Waals surface area contributed by atoms with Crippen molar-refractivity contribution in [3.8, 4) is 23.1 Å². The molecule has 2 unspecified atom stereocenters. The molecule has 2 atom stereocenters. The molecule has 2 N–H and O–H groups in total. The zero-order chi connectivity index (χ0) is 35.8. The lowest BCUT2D eigenvalue weighted by Crippen LogP contribution is -2.35. The standard InChI is InChI=1S/C29H30F2N4O2.C4H10.3C2H6/c1-18-6-3-4-7-22(14-18)34-28(36)25-9-5-8-24(35-25)21-11-10-20-12-13-26(37-29(30)31)27(23(20)15-21)33-17-19(2)16-32;1-3-4-2;3*1-2/h5,8-13,15,18,22,29,33H,2-4,6-7,14,17H2,1H3,(H,34,36);3-4H2,1-2H3;3*1-2H3. The number of anilines is 1. The number of fused-ring (bicyclic) bond motifs is 1. The van der Waals surface area contributed by atoms with Crippen molar-refractivity contribution in [2.24, 2.45) is 5.92 Å². The highest BCUT2D eigenvalue weighted by Crippen LogP contribution is 2.36. The van der Waals surface area contributed by atoms with Gasteiger partial charge in [0.15, 0.2) is 0 Å². The van der Waals surface area contributed by atoms with Crippen LogP contribution in [-0.2, 0) is 0 Å². The number of ether oxygens (including phenoxy) is 1. The Morgan fingerprint density at radius 2 is 1.66 bits per heavy atom. The van der Waals surface area contributed by atoms with Gasteiger partial charge in [-0.2, -0.15) is 14.0 Å². The molecule has 1 saturated carbocycles. The van der Waals surface area contributed by atoms with E-state index >= 15 is 0 Å². The van der Waals surface area contributed by atoms with Crippen LogP contribution in [0.3, 0.4) is 0 Å². The second kappa shape index (κ2) is 25.1. The number of unbranched alkanes of at least 4 members (excludes halogenated alkanes) is 1. The maximum absolute atomic E-state index is 13.1. The molecule has 6 nitrogen and oxygen atoms in total. The first kappa shape index (κ1) is 43.0. The molecule has 0 saturated heterocycles. The van der Waals surface area contributed by atoms with E-state index in [-0.39, 0.29) is 29.8 Å². The van der Waals surface area contributed by atoms with Crippen molar-refractivity contribution in [1.82, 2.24) is 10.3 Å². The first-order valence-electron chi connectivity index (χ1n) is 17.4. The van der Waals surface area contributed by atoms with Gasteiger partial charge in [-0.25, -0.2) is 4.98 Å². The lowest BCUT2D eigenvalue weighted by atomic mass is 10.0. The SMILES string of the molecule is C=C(C#N)CNc1c(OC(F)F)ccc2ccc(-c3cccc(C(=O)NC4CCCCC(C)C4)n3)cc12.CC.CC.CC.CCCC. The number of carbonyl (C=O) groups excluding carboxylic acids is 1. The van der Waals surface area contributed by atoms with Gasteiger partial charge in [-0.15, -0.1) is 0 Å². The summed E-state index contributed by atoms with van der Waals surface area (Å²) < 4.78 is 30.9. The maximum Gasteiger partial charge on any atom is 0.387 e. The monoisotopic (exact) mass is 652 g/mol. The van der Waals surface area contributed by atoms with Crippen molar-refractivity contribution >= 4 is 22.4 Å². The van der Waals surface area contributed by atoms with Gasteiger partial charge in [0.25, 0.3) is 5.91 Å². The van der Waals surface area contributed by atoms with Crippen LogP contribution in [0.25, 0.3) is 22.0 Å². The quantitative estimate of drug-likeness (QED) is 0.177. The Bertz CT molecular complexity index is 1370. The van der Waals surface area contributed by atoms with E-state index in [0.717, 1.165) is 24.6 Å². The molecule has 1 heterocycles. The van der Waals surface area contributed by atoms with E-state index < -0.39 is 6.61 Å². The van der Waals surface area contributed by atoms with E-state index in [1.54, 1.807) is 24.3 Å². The fourth-order valence-corrected chi connectivity index (χ4v) is 4.79. The van der Waals surface area contributed by atoms with Gasteiger partial charge >= 0.3 is 6.61 Å². The molecule has 4 rings (SSSR count). The van der Waals surface area contributed by atoms with E-state index in [1.165, 1.54) is 31.7 Å². The predicted molar refractivity (Wildman–Crippen MR) is 195 cm³/mol. The highest BCUT2D eigenvalue weighted by molar-refractivity contribution is 5.99. The number of benzene rings is 2. The van der Waals surface area contributed by atoms with Gasteiger partial charge in [0, 0.05) is 29.1 Å². The van der Waals surface area contributed by atoms with E-state index in [1.807, 2.05) is 65.8 Å². The van der Waals surface area contributed by atoms with Gasteiger partial charge in [0.05, 0.1) is 17.5 Å². The number of alkyl halides is 2. The van der Waals surface area contributed by atoms with Crippen molar-refractivity contribution in [2.75, 3.05) is 11.9 Å². The smallest absolute Gasteiger partial charge is 0.387 e. The van der Waals surface area contributed by atoms with E-state index in [9.17, 15) is 13.6 Å². The molecule has 1 aliphatic rings. The number of hydrogen-bond donors (Lipinski definition) is 2. The summed E-state index contributed by atoms with van der Waals surface area (Å²) >= 11 is 0. The number of nitrogens with one attached hydrogen (secondary N) is 2. The topological polar surface area (TPSA) is 87.0 Å². The Hall–Kier alpha value is -3.99. The molecule has 8 heteroatoms. The minimum Gasteiger partial charge on any atom is -0.433 e. The van der Waals surface area contributed by atoms with Gasteiger partial charge in [-0.1, -0.05) is 125 Å². The third-order valence-electron chi connectivity index (χ3n) is 7.14. The van der Waals surface area contributed by atoms with Crippen LogP contribution >= 0.6 is 0 Å². The molecular weight excluding hydrogens is 594 g/mol. The number of halogens is 2. The van der Waals surface area contributed by atoms with Gasteiger partial charge in [0.2, 0.25) is 0 Å². The van der Waals surface area contributed by atoms with E-state index in [2.05, 4.69) is 43.0 Å². The Kier molecular flexibility index (Phi) is 23.0. The summed E-state index contributed by atoms with van der Waals surface area (Å²) in [6, 6.07) is 16.0. The van der Waals surface area contributed by atoms with Crippen LogP contribution in [0.5, 0.6) is 5.75 Å². The van der Waals surface area contributed by atoms with E-state index in [4.69, 9.17) is 10.00 Å². The highest BCUT2D eigenvalue weighted by atomic mass is 19.3. The van der Waals surface area contributed by atoms with Crippen LogP contribution in [0.2, 0.25) is 0 Å². The first-order chi connectivity index (χ1) is 22.7. The van der Waals surface area contributed by atoms with Crippen LogP contribution in [0.4, 0.5) is 14.5 Å². The second-order valence-electron chi connectivity index (χ2n) is 10.5. The van der Waals surface area contributed by atoms with Crippen molar-refractivity contribution in [1.29, 1.82) is 5.26 Å². The molecule has 0 aliphatic heterocycles. The largest absolute Gasteiger partial charge is 0.433 e. The zero-order valence-corrected chi connectivity index (χ0v) is 30.2. The number of aromatic nitrogens is 1. The third-order valence-corrected chi connectivity index (χ3v) is 7.14. The first-order valence-corrected chi connectivity index (χ1v) is 17.4. The Labute approximate surface area is 283 Å². The summed E-state index contributed by atoms with van der Waals surface area (Å²) in [4.78, 5) is 17.6. The molecule has 47 heavy (non-hydrogen) atoms.